The summed E-state index contributed by atoms with van der Waals surface area (Å²) in [6.07, 6.45) is -1.37. The van der Waals surface area contributed by atoms with Crippen molar-refractivity contribution in [3.8, 4) is 0 Å². The first kappa shape index (κ1) is 18.2. The van der Waals surface area contributed by atoms with Crippen LogP contribution in [0.3, 0.4) is 0 Å². The molecule has 10 heteroatoms. The highest BCUT2D eigenvalue weighted by Gasteiger charge is 2.39. The summed E-state index contributed by atoms with van der Waals surface area (Å²) < 4.78 is 37.7. The third-order valence-corrected chi connectivity index (χ3v) is 6.11. The maximum absolute atomic E-state index is 12.5. The molecule has 144 valence electrons. The molecular formula is C17H17F3N4O2S. The van der Waals surface area contributed by atoms with Crippen molar-refractivity contribution >= 4 is 38.2 Å². The second-order valence-corrected chi connectivity index (χ2v) is 7.97. The average molecular weight is 398 g/mol. The van der Waals surface area contributed by atoms with Crippen molar-refractivity contribution in [1.29, 1.82) is 0 Å². The van der Waals surface area contributed by atoms with Gasteiger partial charge in [0, 0.05) is 28.9 Å². The van der Waals surface area contributed by atoms with Gasteiger partial charge in [-0.25, -0.2) is 0 Å². The summed E-state index contributed by atoms with van der Waals surface area (Å²) >= 11 is 0.971. The molecular weight excluding hydrogens is 381 g/mol. The van der Waals surface area contributed by atoms with Crippen LogP contribution in [0.15, 0.2) is 18.3 Å². The van der Waals surface area contributed by atoms with Gasteiger partial charge >= 0.3 is 12.1 Å². The Hall–Kier alpha value is -2.20. The molecule has 5 heterocycles. The van der Waals surface area contributed by atoms with Gasteiger partial charge in [-0.2, -0.15) is 13.2 Å². The van der Waals surface area contributed by atoms with Crippen LogP contribution < -0.4 is 10.6 Å². The number of nitrogens with one attached hydrogen (secondary N) is 2. The van der Waals surface area contributed by atoms with Crippen molar-refractivity contribution in [3.05, 3.63) is 24.0 Å². The second kappa shape index (κ2) is 6.75. The first-order valence-electron chi connectivity index (χ1n) is 8.60. The number of carbonyl (C=O) groups is 2. The molecule has 0 aliphatic carbocycles. The second-order valence-electron chi connectivity index (χ2n) is 6.89. The van der Waals surface area contributed by atoms with Gasteiger partial charge < -0.3 is 15.5 Å². The number of nitrogens with zero attached hydrogens (tertiary/aromatic N) is 2. The topological polar surface area (TPSA) is 74.3 Å². The lowest BCUT2D eigenvalue weighted by Crippen LogP contribution is -2.57. The van der Waals surface area contributed by atoms with E-state index in [4.69, 9.17) is 0 Å². The van der Waals surface area contributed by atoms with Crippen LogP contribution >= 0.6 is 11.3 Å². The number of carbonyl (C=O) groups excluding carboxylic acids is 2. The van der Waals surface area contributed by atoms with E-state index in [0.717, 1.165) is 43.8 Å². The minimum atomic E-state index is -4.95. The highest BCUT2D eigenvalue weighted by molar-refractivity contribution is 7.23. The van der Waals surface area contributed by atoms with Gasteiger partial charge in [-0.1, -0.05) is 0 Å². The van der Waals surface area contributed by atoms with E-state index in [0.29, 0.717) is 16.0 Å². The largest absolute Gasteiger partial charge is 0.471 e. The molecule has 0 radical (unpaired) electrons. The minimum Gasteiger partial charge on any atom is -0.346 e. The van der Waals surface area contributed by atoms with Gasteiger partial charge in [-0.3, -0.25) is 14.6 Å². The third-order valence-electron chi connectivity index (χ3n) is 5.10. The molecule has 27 heavy (non-hydrogen) atoms. The number of hydrogen-bond donors (Lipinski definition) is 2. The molecule has 2 aromatic heterocycles. The van der Waals surface area contributed by atoms with Crippen LogP contribution in [0.25, 0.3) is 10.1 Å². The van der Waals surface area contributed by atoms with Crippen LogP contribution in [0.5, 0.6) is 0 Å². The summed E-state index contributed by atoms with van der Waals surface area (Å²) in [6, 6.07) is 3.05. The average Bonchev–Trinajstić information content (AvgIpc) is 3.03. The summed E-state index contributed by atoms with van der Waals surface area (Å²) in [7, 11) is 0. The normalized spacial score (nSPS) is 24.8. The molecule has 2 N–H and O–H groups in total. The van der Waals surface area contributed by atoms with Gasteiger partial charge in [0.25, 0.3) is 5.91 Å². The number of piperidine rings is 3. The summed E-state index contributed by atoms with van der Waals surface area (Å²) in [5.41, 5.74) is 0.217. The molecule has 1 unspecified atom stereocenters. The Morgan fingerprint density at radius 2 is 1.96 bits per heavy atom. The summed E-state index contributed by atoms with van der Waals surface area (Å²) in [4.78, 5) is 30.1. The van der Waals surface area contributed by atoms with E-state index in [1.165, 1.54) is 12.3 Å². The molecule has 3 fully saturated rings. The fourth-order valence-corrected chi connectivity index (χ4v) is 4.64. The Kier molecular flexibility index (Phi) is 4.55. The van der Waals surface area contributed by atoms with E-state index in [2.05, 4.69) is 15.2 Å². The maximum atomic E-state index is 12.5. The highest BCUT2D eigenvalue weighted by Crippen LogP contribution is 2.31. The molecule has 2 bridgehead atoms. The van der Waals surface area contributed by atoms with Gasteiger partial charge in [0.1, 0.15) is 5.69 Å². The standard InChI is InChI=1S/C17H17F3N4O2S/c18-17(19,20)16(26)23-14-5-10-7-21-11(6-13(10)27-14)15(25)22-12-8-24-3-1-9(12)2-4-24/h5-7,9,12H,1-4,8H2,(H,22,25)(H,23,26). The van der Waals surface area contributed by atoms with E-state index in [9.17, 15) is 22.8 Å². The van der Waals surface area contributed by atoms with Crippen molar-refractivity contribution in [3.63, 3.8) is 0 Å². The minimum absolute atomic E-state index is 0.0593. The van der Waals surface area contributed by atoms with Crippen molar-refractivity contribution in [2.45, 2.75) is 25.1 Å². The predicted molar refractivity (Wildman–Crippen MR) is 94.7 cm³/mol. The van der Waals surface area contributed by atoms with Crippen LogP contribution in [0, 0.1) is 5.92 Å². The molecule has 3 aliphatic rings. The van der Waals surface area contributed by atoms with Crippen molar-refractivity contribution < 1.29 is 22.8 Å². The van der Waals surface area contributed by atoms with Crippen molar-refractivity contribution in [2.24, 2.45) is 5.92 Å². The lowest BCUT2D eigenvalue weighted by atomic mass is 9.84. The van der Waals surface area contributed by atoms with Crippen LogP contribution in [0.1, 0.15) is 23.3 Å². The molecule has 3 aliphatic heterocycles. The number of thiophene rings is 1. The van der Waals surface area contributed by atoms with Crippen LogP contribution in [0.4, 0.5) is 18.2 Å². The summed E-state index contributed by atoms with van der Waals surface area (Å²) in [5, 5.41) is 5.48. The maximum Gasteiger partial charge on any atom is 0.471 e. The number of fused-ring (bicyclic) bond motifs is 4. The number of hydrogen-bond acceptors (Lipinski definition) is 5. The molecule has 1 atom stereocenters. The third kappa shape index (κ3) is 3.77. The smallest absolute Gasteiger partial charge is 0.346 e. The quantitative estimate of drug-likeness (QED) is 0.834. The molecule has 0 aromatic carbocycles. The number of halogens is 3. The highest BCUT2D eigenvalue weighted by atomic mass is 32.1. The van der Waals surface area contributed by atoms with Gasteiger partial charge in [-0.15, -0.1) is 11.3 Å². The first-order valence-corrected chi connectivity index (χ1v) is 9.42. The van der Waals surface area contributed by atoms with Crippen LogP contribution in [-0.4, -0.2) is 53.6 Å². The van der Waals surface area contributed by atoms with E-state index in [1.54, 1.807) is 6.07 Å². The lowest BCUT2D eigenvalue weighted by molar-refractivity contribution is -0.167. The molecule has 2 aromatic rings. The van der Waals surface area contributed by atoms with Crippen molar-refractivity contribution in [1.82, 2.24) is 15.2 Å². The van der Waals surface area contributed by atoms with Crippen LogP contribution in [0.2, 0.25) is 0 Å². The van der Waals surface area contributed by atoms with Gasteiger partial charge in [0.2, 0.25) is 0 Å². The molecule has 2 amide bonds. The van der Waals surface area contributed by atoms with Crippen LogP contribution in [-0.2, 0) is 4.79 Å². The Morgan fingerprint density at radius 3 is 2.59 bits per heavy atom. The summed E-state index contributed by atoms with van der Waals surface area (Å²) in [5.74, 6) is -1.83. The predicted octanol–water partition coefficient (Wildman–Crippen LogP) is 2.62. The lowest BCUT2D eigenvalue weighted by Gasteiger charge is -2.44. The molecule has 5 rings (SSSR count). The number of anilines is 1. The van der Waals surface area contributed by atoms with Gasteiger partial charge in [0.05, 0.1) is 5.00 Å². The van der Waals surface area contributed by atoms with E-state index in [-0.39, 0.29) is 22.6 Å². The van der Waals surface area contributed by atoms with E-state index in [1.807, 2.05) is 5.32 Å². The summed E-state index contributed by atoms with van der Waals surface area (Å²) in [6.45, 7) is 2.98. The Morgan fingerprint density at radius 1 is 1.22 bits per heavy atom. The molecule has 6 nitrogen and oxygen atoms in total. The number of rotatable bonds is 3. The first-order chi connectivity index (χ1) is 12.8. The van der Waals surface area contributed by atoms with Gasteiger partial charge in [0.15, 0.2) is 0 Å². The fraction of sp³-hybridized carbons (Fsp3) is 0.471. The zero-order chi connectivity index (χ0) is 19.2. The fourth-order valence-electron chi connectivity index (χ4n) is 3.67. The Balaban J connectivity index is 1.48. The van der Waals surface area contributed by atoms with E-state index < -0.39 is 12.1 Å². The zero-order valence-electron chi connectivity index (χ0n) is 14.2. The van der Waals surface area contributed by atoms with Crippen molar-refractivity contribution in [2.75, 3.05) is 25.0 Å². The Labute approximate surface area is 156 Å². The van der Waals surface area contributed by atoms with E-state index >= 15 is 0 Å². The number of amides is 2. The molecule has 0 saturated carbocycles. The number of alkyl halides is 3. The number of pyridine rings is 1. The SMILES string of the molecule is O=C(NC1CN2CCC1CC2)c1cc2sc(NC(=O)C(F)(F)F)cc2cn1. The number of aromatic nitrogens is 1. The zero-order valence-corrected chi connectivity index (χ0v) is 15.0. The Bertz CT molecular complexity index is 890. The van der Waals surface area contributed by atoms with Gasteiger partial charge in [-0.05, 0) is 44.0 Å². The molecule has 3 saturated heterocycles. The molecule has 0 spiro atoms. The monoisotopic (exact) mass is 398 g/mol.